The van der Waals surface area contributed by atoms with Gasteiger partial charge in [-0.05, 0) is 46.0 Å². The van der Waals surface area contributed by atoms with Gasteiger partial charge in [0.15, 0.2) is 0 Å². The molecule has 0 saturated carbocycles. The summed E-state index contributed by atoms with van der Waals surface area (Å²) < 4.78 is 5.74. The van der Waals surface area contributed by atoms with Gasteiger partial charge < -0.3 is 9.64 Å². The van der Waals surface area contributed by atoms with Gasteiger partial charge in [0, 0.05) is 25.8 Å². The number of amides is 1. The molecular weight excluding hydrogens is 226 g/mol. The molecule has 1 saturated heterocycles. The number of hydrogen-bond donors (Lipinski definition) is 0. The van der Waals surface area contributed by atoms with Gasteiger partial charge in [-0.15, -0.1) is 5.73 Å². The van der Waals surface area contributed by atoms with Gasteiger partial charge in [0.2, 0.25) is 0 Å². The van der Waals surface area contributed by atoms with Crippen LogP contribution in [0.1, 0.15) is 40.0 Å². The fraction of sp³-hybridized carbons (Fsp3) is 0.733. The van der Waals surface area contributed by atoms with Gasteiger partial charge >= 0.3 is 0 Å². The average molecular weight is 251 g/mol. The van der Waals surface area contributed by atoms with Crippen molar-refractivity contribution >= 4 is 5.91 Å². The van der Waals surface area contributed by atoms with Crippen LogP contribution in [0.2, 0.25) is 0 Å². The number of likely N-dealkylation sites (tertiary alicyclic amines) is 1. The quantitative estimate of drug-likeness (QED) is 0.568. The standard InChI is InChI=1S/C15H25NO2/c1-5-6-14(17)16-10-7-13(8-11-16)9-12-18-15(2,3)4/h6,13H,1,7-12H2,2-4H3. The average Bonchev–Trinajstić information content (AvgIpc) is 2.28. The van der Waals surface area contributed by atoms with E-state index >= 15 is 0 Å². The number of nitrogens with zero attached hydrogens (tertiary/aromatic N) is 1. The fourth-order valence-corrected chi connectivity index (χ4v) is 2.15. The predicted octanol–water partition coefficient (Wildman–Crippen LogP) is 2.77. The SMILES string of the molecule is C=C=CC(=O)N1CCC(CCOC(C)(C)C)CC1. The third-order valence-electron chi connectivity index (χ3n) is 3.21. The maximum Gasteiger partial charge on any atom is 0.254 e. The summed E-state index contributed by atoms with van der Waals surface area (Å²) in [5.74, 6) is 0.721. The topological polar surface area (TPSA) is 29.5 Å². The Kier molecular flexibility index (Phi) is 5.64. The molecule has 1 amide bonds. The Hall–Kier alpha value is -1.05. The maximum atomic E-state index is 11.6. The lowest BCUT2D eigenvalue weighted by atomic mass is 9.94. The van der Waals surface area contributed by atoms with Gasteiger partial charge in [-0.1, -0.05) is 6.58 Å². The van der Waals surface area contributed by atoms with Gasteiger partial charge in [-0.25, -0.2) is 0 Å². The normalized spacial score (nSPS) is 17.4. The van der Waals surface area contributed by atoms with Gasteiger partial charge in [0.1, 0.15) is 0 Å². The summed E-state index contributed by atoms with van der Waals surface area (Å²) >= 11 is 0. The Morgan fingerprint density at radius 2 is 2.06 bits per heavy atom. The lowest BCUT2D eigenvalue weighted by molar-refractivity contribution is -0.127. The Labute approximate surface area is 110 Å². The van der Waals surface area contributed by atoms with Crippen molar-refractivity contribution in [1.82, 2.24) is 4.90 Å². The second-order valence-corrected chi connectivity index (χ2v) is 5.87. The van der Waals surface area contributed by atoms with Crippen molar-refractivity contribution in [3.63, 3.8) is 0 Å². The molecule has 102 valence electrons. The summed E-state index contributed by atoms with van der Waals surface area (Å²) in [6.45, 7) is 12.2. The number of hydrogen-bond acceptors (Lipinski definition) is 2. The molecule has 0 aromatic rings. The van der Waals surface area contributed by atoms with E-state index in [1.165, 1.54) is 6.08 Å². The highest BCUT2D eigenvalue weighted by atomic mass is 16.5. The third-order valence-corrected chi connectivity index (χ3v) is 3.21. The van der Waals surface area contributed by atoms with Gasteiger partial charge in [-0.3, -0.25) is 4.79 Å². The molecular formula is C15H25NO2. The minimum absolute atomic E-state index is 0.0365. The van der Waals surface area contributed by atoms with Crippen molar-refractivity contribution < 1.29 is 9.53 Å². The minimum Gasteiger partial charge on any atom is -0.376 e. The highest BCUT2D eigenvalue weighted by Gasteiger charge is 2.21. The maximum absolute atomic E-state index is 11.6. The zero-order valence-electron chi connectivity index (χ0n) is 11.9. The van der Waals surface area contributed by atoms with Crippen molar-refractivity contribution in [3.8, 4) is 0 Å². The molecule has 18 heavy (non-hydrogen) atoms. The first-order valence-electron chi connectivity index (χ1n) is 6.71. The summed E-state index contributed by atoms with van der Waals surface area (Å²) in [5, 5.41) is 0. The van der Waals surface area contributed by atoms with E-state index in [0.717, 1.165) is 39.0 Å². The highest BCUT2D eigenvalue weighted by molar-refractivity contribution is 5.87. The Bertz CT molecular complexity index is 316. The molecule has 0 aromatic heterocycles. The molecule has 0 radical (unpaired) electrons. The molecule has 0 aromatic carbocycles. The summed E-state index contributed by atoms with van der Waals surface area (Å²) in [7, 11) is 0. The molecule has 1 aliphatic rings. The van der Waals surface area contributed by atoms with Gasteiger partial charge in [-0.2, -0.15) is 0 Å². The van der Waals surface area contributed by atoms with Crippen LogP contribution in [0.15, 0.2) is 18.4 Å². The Morgan fingerprint density at radius 1 is 1.44 bits per heavy atom. The number of ether oxygens (including phenoxy) is 1. The summed E-state index contributed by atoms with van der Waals surface area (Å²) in [6, 6.07) is 0. The predicted molar refractivity (Wildman–Crippen MR) is 73.3 cm³/mol. The van der Waals surface area contributed by atoms with Crippen LogP contribution >= 0.6 is 0 Å². The van der Waals surface area contributed by atoms with Crippen LogP contribution in [0.4, 0.5) is 0 Å². The second kappa shape index (κ2) is 6.77. The molecule has 1 aliphatic heterocycles. The van der Waals surface area contributed by atoms with Crippen LogP contribution in [0.25, 0.3) is 0 Å². The first-order valence-corrected chi connectivity index (χ1v) is 6.71. The number of rotatable bonds is 4. The van der Waals surface area contributed by atoms with E-state index in [2.05, 4.69) is 33.1 Å². The molecule has 1 heterocycles. The Morgan fingerprint density at radius 3 is 2.56 bits per heavy atom. The zero-order chi connectivity index (χ0) is 13.6. The highest BCUT2D eigenvalue weighted by Crippen LogP contribution is 2.21. The zero-order valence-corrected chi connectivity index (χ0v) is 11.9. The van der Waals surface area contributed by atoms with Crippen LogP contribution in [-0.2, 0) is 9.53 Å². The first-order chi connectivity index (χ1) is 8.42. The van der Waals surface area contributed by atoms with Crippen molar-refractivity contribution in [2.45, 2.75) is 45.6 Å². The lowest BCUT2D eigenvalue weighted by Gasteiger charge is -2.31. The van der Waals surface area contributed by atoms with Crippen LogP contribution in [0.3, 0.4) is 0 Å². The molecule has 3 heteroatoms. The van der Waals surface area contributed by atoms with Crippen LogP contribution in [-0.4, -0.2) is 36.1 Å². The van der Waals surface area contributed by atoms with Gasteiger partial charge in [0.25, 0.3) is 5.91 Å². The number of carbonyl (C=O) groups is 1. The molecule has 0 spiro atoms. The third kappa shape index (κ3) is 5.52. The number of carbonyl (C=O) groups excluding carboxylic acids is 1. The number of piperidine rings is 1. The van der Waals surface area contributed by atoms with E-state index in [0.29, 0.717) is 5.92 Å². The molecule has 0 unspecified atom stereocenters. The van der Waals surface area contributed by atoms with E-state index in [1.807, 2.05) is 4.90 Å². The summed E-state index contributed by atoms with van der Waals surface area (Å²) in [6.07, 6.45) is 4.66. The lowest BCUT2D eigenvalue weighted by Crippen LogP contribution is -2.37. The van der Waals surface area contributed by atoms with Crippen molar-refractivity contribution in [2.75, 3.05) is 19.7 Å². The van der Waals surface area contributed by atoms with E-state index < -0.39 is 0 Å². The minimum atomic E-state index is -0.0502. The first kappa shape index (κ1) is 15.0. The van der Waals surface area contributed by atoms with E-state index in [9.17, 15) is 4.79 Å². The van der Waals surface area contributed by atoms with Crippen molar-refractivity contribution in [3.05, 3.63) is 18.4 Å². The van der Waals surface area contributed by atoms with Crippen molar-refractivity contribution in [2.24, 2.45) is 5.92 Å². The van der Waals surface area contributed by atoms with Crippen LogP contribution in [0.5, 0.6) is 0 Å². The Balaban J connectivity index is 2.23. The van der Waals surface area contributed by atoms with Crippen molar-refractivity contribution in [1.29, 1.82) is 0 Å². The molecule has 1 rings (SSSR count). The molecule has 0 aliphatic carbocycles. The van der Waals surface area contributed by atoms with Crippen LogP contribution < -0.4 is 0 Å². The molecule has 1 fully saturated rings. The van der Waals surface area contributed by atoms with E-state index in [-0.39, 0.29) is 11.5 Å². The van der Waals surface area contributed by atoms with Crippen LogP contribution in [0, 0.1) is 5.92 Å². The fourth-order valence-electron chi connectivity index (χ4n) is 2.15. The smallest absolute Gasteiger partial charge is 0.254 e. The molecule has 0 bridgehead atoms. The van der Waals surface area contributed by atoms with E-state index in [1.54, 1.807) is 0 Å². The molecule has 3 nitrogen and oxygen atoms in total. The van der Waals surface area contributed by atoms with E-state index in [4.69, 9.17) is 4.74 Å². The monoisotopic (exact) mass is 251 g/mol. The largest absolute Gasteiger partial charge is 0.376 e. The summed E-state index contributed by atoms with van der Waals surface area (Å²) in [5.41, 5.74) is 2.49. The second-order valence-electron chi connectivity index (χ2n) is 5.87. The van der Waals surface area contributed by atoms with Gasteiger partial charge in [0.05, 0.1) is 5.60 Å². The molecule has 0 atom stereocenters. The molecule has 0 N–H and O–H groups in total. The summed E-state index contributed by atoms with van der Waals surface area (Å²) in [4.78, 5) is 13.5.